The number of hydrogen-bond acceptors (Lipinski definition) is 5. The Morgan fingerprint density at radius 1 is 1.08 bits per heavy atom. The molecule has 1 aromatic heterocycles. The molecule has 3 aromatic rings. The molecule has 0 aliphatic heterocycles. The second kappa shape index (κ2) is 6.45. The van der Waals surface area contributed by atoms with Crippen molar-refractivity contribution in [3.63, 3.8) is 0 Å². The summed E-state index contributed by atoms with van der Waals surface area (Å²) in [6, 6.07) is 13.5. The minimum Gasteiger partial charge on any atom is -0.497 e. The maximum atomic E-state index is 12.2. The zero-order valence-corrected chi connectivity index (χ0v) is 12.8. The Bertz CT molecular complexity index is 940. The first-order valence-electron chi connectivity index (χ1n) is 7.14. The summed E-state index contributed by atoms with van der Waals surface area (Å²) < 4.78 is 15.6. The van der Waals surface area contributed by atoms with Crippen LogP contribution in [0.2, 0.25) is 0 Å². The maximum Gasteiger partial charge on any atom is 0.344 e. The van der Waals surface area contributed by atoms with Crippen LogP contribution in [0.4, 0.5) is 0 Å². The standard InChI is InChI=1S/C18H14O6/c1-22-14-6-7-16-12(8-14)9-15(18(21)24-16)11-2-4-13(5-3-11)23-10-17(19)20/h2-9H,10H2,1H3,(H,19,20). The average molecular weight is 326 g/mol. The topological polar surface area (TPSA) is 86.0 Å². The zero-order chi connectivity index (χ0) is 17.1. The number of ether oxygens (including phenoxy) is 2. The highest BCUT2D eigenvalue weighted by atomic mass is 16.5. The summed E-state index contributed by atoms with van der Waals surface area (Å²) in [5.74, 6) is 0.0240. The Labute approximate surface area is 136 Å². The van der Waals surface area contributed by atoms with Gasteiger partial charge in [-0.3, -0.25) is 0 Å². The maximum absolute atomic E-state index is 12.2. The van der Waals surface area contributed by atoms with Crippen LogP contribution in [0.25, 0.3) is 22.1 Å². The quantitative estimate of drug-likeness (QED) is 0.726. The normalized spacial score (nSPS) is 10.5. The number of fused-ring (bicyclic) bond motifs is 1. The molecule has 1 N–H and O–H groups in total. The van der Waals surface area contributed by atoms with Crippen molar-refractivity contribution in [1.82, 2.24) is 0 Å². The van der Waals surface area contributed by atoms with Crippen molar-refractivity contribution in [1.29, 1.82) is 0 Å². The van der Waals surface area contributed by atoms with Gasteiger partial charge in [0.2, 0.25) is 0 Å². The van der Waals surface area contributed by atoms with E-state index in [2.05, 4.69) is 0 Å². The van der Waals surface area contributed by atoms with Gasteiger partial charge in [0.1, 0.15) is 17.1 Å². The number of hydrogen-bond donors (Lipinski definition) is 1. The Morgan fingerprint density at radius 2 is 1.79 bits per heavy atom. The van der Waals surface area contributed by atoms with Gasteiger partial charge < -0.3 is 19.0 Å². The predicted molar refractivity (Wildman–Crippen MR) is 87.6 cm³/mol. The third kappa shape index (κ3) is 3.22. The lowest BCUT2D eigenvalue weighted by Gasteiger charge is -2.06. The minimum absolute atomic E-state index is 0.403. The smallest absolute Gasteiger partial charge is 0.344 e. The molecule has 0 amide bonds. The fraction of sp³-hybridized carbons (Fsp3) is 0.111. The van der Waals surface area contributed by atoms with E-state index in [1.807, 2.05) is 0 Å². The summed E-state index contributed by atoms with van der Waals surface area (Å²) in [5.41, 5.74) is 1.08. The number of aliphatic carboxylic acids is 1. The van der Waals surface area contributed by atoms with E-state index in [0.717, 1.165) is 5.39 Å². The van der Waals surface area contributed by atoms with Crippen LogP contribution in [0.15, 0.2) is 57.7 Å². The van der Waals surface area contributed by atoms with Crippen LogP contribution in [0.1, 0.15) is 0 Å². The number of carboxylic acid groups (broad SMARTS) is 1. The largest absolute Gasteiger partial charge is 0.497 e. The van der Waals surface area contributed by atoms with Gasteiger partial charge in [0, 0.05) is 5.39 Å². The second-order valence-electron chi connectivity index (χ2n) is 5.06. The highest BCUT2D eigenvalue weighted by Crippen LogP contribution is 2.25. The molecule has 6 heteroatoms. The molecule has 122 valence electrons. The van der Waals surface area contributed by atoms with Crippen molar-refractivity contribution in [3.05, 3.63) is 59.0 Å². The van der Waals surface area contributed by atoms with Gasteiger partial charge in [-0.25, -0.2) is 9.59 Å². The fourth-order valence-corrected chi connectivity index (χ4v) is 2.31. The first kappa shape index (κ1) is 15.6. The van der Waals surface area contributed by atoms with Gasteiger partial charge in [-0.15, -0.1) is 0 Å². The molecule has 6 nitrogen and oxygen atoms in total. The lowest BCUT2D eigenvalue weighted by Crippen LogP contribution is -2.09. The molecule has 0 spiro atoms. The second-order valence-corrected chi connectivity index (χ2v) is 5.06. The van der Waals surface area contributed by atoms with E-state index in [-0.39, 0.29) is 0 Å². The molecule has 2 aromatic carbocycles. The van der Waals surface area contributed by atoms with Crippen LogP contribution in [0.5, 0.6) is 11.5 Å². The number of carbonyl (C=O) groups is 1. The van der Waals surface area contributed by atoms with E-state index in [4.69, 9.17) is 19.0 Å². The molecule has 0 aliphatic carbocycles. The SMILES string of the molecule is COc1ccc2oc(=O)c(-c3ccc(OCC(=O)O)cc3)cc2c1. The van der Waals surface area contributed by atoms with Crippen LogP contribution in [-0.2, 0) is 4.79 Å². The van der Waals surface area contributed by atoms with Crippen LogP contribution < -0.4 is 15.1 Å². The molecule has 24 heavy (non-hydrogen) atoms. The van der Waals surface area contributed by atoms with Gasteiger partial charge in [-0.2, -0.15) is 0 Å². The molecule has 0 saturated carbocycles. The van der Waals surface area contributed by atoms with E-state index >= 15 is 0 Å². The summed E-state index contributed by atoms with van der Waals surface area (Å²) in [6.07, 6.45) is 0. The van der Waals surface area contributed by atoms with Crippen molar-refractivity contribution in [2.75, 3.05) is 13.7 Å². The van der Waals surface area contributed by atoms with E-state index in [1.54, 1.807) is 55.6 Å². The van der Waals surface area contributed by atoms with Crippen LogP contribution in [0, 0.1) is 0 Å². The van der Waals surface area contributed by atoms with Gasteiger partial charge in [-0.05, 0) is 42.0 Å². The molecule has 3 rings (SSSR count). The summed E-state index contributed by atoms with van der Waals surface area (Å²) in [4.78, 5) is 22.7. The van der Waals surface area contributed by atoms with E-state index in [1.165, 1.54) is 0 Å². The monoisotopic (exact) mass is 326 g/mol. The summed E-state index contributed by atoms with van der Waals surface area (Å²) in [5, 5.41) is 9.34. The Balaban J connectivity index is 1.97. The predicted octanol–water partition coefficient (Wildman–Crippen LogP) is 2.93. The molecule has 0 saturated heterocycles. The molecule has 0 atom stereocenters. The first-order chi connectivity index (χ1) is 11.6. The Kier molecular flexibility index (Phi) is 4.20. The van der Waals surface area contributed by atoms with Gasteiger partial charge in [0.05, 0.1) is 12.7 Å². The first-order valence-corrected chi connectivity index (χ1v) is 7.14. The number of benzene rings is 2. The van der Waals surface area contributed by atoms with Crippen molar-refractivity contribution in [2.24, 2.45) is 0 Å². The number of methoxy groups -OCH3 is 1. The highest BCUT2D eigenvalue weighted by molar-refractivity contribution is 5.83. The lowest BCUT2D eigenvalue weighted by atomic mass is 10.1. The Morgan fingerprint density at radius 3 is 2.46 bits per heavy atom. The summed E-state index contributed by atoms with van der Waals surface area (Å²) >= 11 is 0. The molecule has 0 radical (unpaired) electrons. The lowest BCUT2D eigenvalue weighted by molar-refractivity contribution is -0.139. The molecular weight excluding hydrogens is 312 g/mol. The van der Waals surface area contributed by atoms with Crippen molar-refractivity contribution < 1.29 is 23.8 Å². The third-order valence-electron chi connectivity index (χ3n) is 3.47. The fourth-order valence-electron chi connectivity index (χ4n) is 2.31. The Hall–Kier alpha value is -3.28. The van der Waals surface area contributed by atoms with Gasteiger partial charge in [-0.1, -0.05) is 12.1 Å². The summed E-state index contributed by atoms with van der Waals surface area (Å²) in [6.45, 7) is -0.419. The number of rotatable bonds is 5. The molecule has 0 fully saturated rings. The zero-order valence-electron chi connectivity index (χ0n) is 12.8. The number of carboxylic acids is 1. The summed E-state index contributed by atoms with van der Waals surface area (Å²) in [7, 11) is 1.57. The highest BCUT2D eigenvalue weighted by Gasteiger charge is 2.09. The van der Waals surface area contributed by atoms with Crippen molar-refractivity contribution >= 4 is 16.9 Å². The van der Waals surface area contributed by atoms with E-state index in [9.17, 15) is 9.59 Å². The van der Waals surface area contributed by atoms with E-state index < -0.39 is 18.2 Å². The van der Waals surface area contributed by atoms with Crippen molar-refractivity contribution in [2.45, 2.75) is 0 Å². The molecular formula is C18H14O6. The third-order valence-corrected chi connectivity index (χ3v) is 3.47. The van der Waals surface area contributed by atoms with Gasteiger partial charge in [0.15, 0.2) is 6.61 Å². The molecule has 0 bridgehead atoms. The van der Waals surface area contributed by atoms with Crippen molar-refractivity contribution in [3.8, 4) is 22.6 Å². The van der Waals surface area contributed by atoms with E-state index in [0.29, 0.717) is 28.2 Å². The van der Waals surface area contributed by atoms with Gasteiger partial charge >= 0.3 is 11.6 Å². The van der Waals surface area contributed by atoms with Crippen LogP contribution in [0.3, 0.4) is 0 Å². The van der Waals surface area contributed by atoms with Crippen LogP contribution in [-0.4, -0.2) is 24.8 Å². The molecule has 0 unspecified atom stereocenters. The van der Waals surface area contributed by atoms with Crippen LogP contribution >= 0.6 is 0 Å². The molecule has 1 heterocycles. The average Bonchev–Trinajstić information content (AvgIpc) is 2.59. The molecule has 0 aliphatic rings. The van der Waals surface area contributed by atoms with Gasteiger partial charge in [0.25, 0.3) is 0 Å². The minimum atomic E-state index is -1.05.